The molecule has 8 heteroatoms. The minimum atomic E-state index is -3.48. The molecule has 1 rings (SSSR count). The Morgan fingerprint density at radius 1 is 1.32 bits per heavy atom. The van der Waals surface area contributed by atoms with Gasteiger partial charge in [-0.3, -0.25) is 4.18 Å². The van der Waals surface area contributed by atoms with Gasteiger partial charge in [0.2, 0.25) is 0 Å². The van der Waals surface area contributed by atoms with Crippen molar-refractivity contribution in [1.29, 1.82) is 0 Å². The van der Waals surface area contributed by atoms with Crippen LogP contribution < -0.4 is 0 Å². The van der Waals surface area contributed by atoms with E-state index in [0.29, 0.717) is 6.42 Å². The highest BCUT2D eigenvalue weighted by Crippen LogP contribution is 2.28. The minimum Gasteiger partial charge on any atom is -0.354 e. The summed E-state index contributed by atoms with van der Waals surface area (Å²) in [5.41, 5.74) is 0. The fourth-order valence-corrected chi connectivity index (χ4v) is 2.13. The van der Waals surface area contributed by atoms with Gasteiger partial charge in [0.1, 0.15) is 6.10 Å². The topological polar surface area (TPSA) is 80.3 Å². The quantitative estimate of drug-likeness (QED) is 0.500. The Bertz CT molecular complexity index is 379. The van der Waals surface area contributed by atoms with Crippen LogP contribution in [0.25, 0.3) is 0 Å². The Hall–Kier alpha value is -0.250. The number of hydrogen-bond donors (Lipinski definition) is 0. The molecule has 0 aromatic heterocycles. The second-order valence-electron chi connectivity index (χ2n) is 4.85. The summed E-state index contributed by atoms with van der Waals surface area (Å²) in [4.78, 5) is 0. The molecule has 0 amide bonds. The summed E-state index contributed by atoms with van der Waals surface area (Å²) in [6.45, 7) is 3.51. The molecule has 114 valence electrons. The lowest BCUT2D eigenvalue weighted by Gasteiger charge is -2.29. The molecule has 1 saturated heterocycles. The van der Waals surface area contributed by atoms with Crippen molar-refractivity contribution in [2.45, 2.75) is 44.6 Å². The maximum atomic E-state index is 10.9. The average molecular weight is 298 g/mol. The highest BCUT2D eigenvalue weighted by Gasteiger charge is 2.40. The maximum absolute atomic E-state index is 10.9. The standard InChI is InChI=1S/C11H22O7S/c1-11(2,15-4)18-9-6-8(17-10(9)14-3)7-16-19(5,12)13/h8-10H,6-7H2,1-5H3/t8-,9+,10?/m0/s1. The van der Waals surface area contributed by atoms with E-state index >= 15 is 0 Å². The van der Waals surface area contributed by atoms with Crippen LogP contribution in [0.2, 0.25) is 0 Å². The van der Waals surface area contributed by atoms with Crippen LogP contribution in [0.5, 0.6) is 0 Å². The summed E-state index contributed by atoms with van der Waals surface area (Å²) in [5.74, 6) is -0.766. The molecule has 0 aromatic carbocycles. The summed E-state index contributed by atoms with van der Waals surface area (Å²) < 4.78 is 48.2. The summed E-state index contributed by atoms with van der Waals surface area (Å²) in [5, 5.41) is 0. The fourth-order valence-electron chi connectivity index (χ4n) is 1.73. The van der Waals surface area contributed by atoms with E-state index in [1.54, 1.807) is 21.0 Å². The zero-order chi connectivity index (χ0) is 14.7. The van der Waals surface area contributed by atoms with E-state index in [9.17, 15) is 8.42 Å². The first-order chi connectivity index (χ1) is 8.67. The first-order valence-electron chi connectivity index (χ1n) is 5.92. The van der Waals surface area contributed by atoms with Gasteiger partial charge in [-0.1, -0.05) is 0 Å². The molecule has 7 nitrogen and oxygen atoms in total. The van der Waals surface area contributed by atoms with Gasteiger partial charge in [-0.15, -0.1) is 0 Å². The lowest BCUT2D eigenvalue weighted by atomic mass is 10.2. The fraction of sp³-hybridized carbons (Fsp3) is 1.00. The second-order valence-corrected chi connectivity index (χ2v) is 6.49. The van der Waals surface area contributed by atoms with Crippen molar-refractivity contribution in [3.8, 4) is 0 Å². The molecule has 1 fully saturated rings. The zero-order valence-corrected chi connectivity index (χ0v) is 12.7. The van der Waals surface area contributed by atoms with Crippen LogP contribution in [0.4, 0.5) is 0 Å². The van der Waals surface area contributed by atoms with Crippen molar-refractivity contribution in [3.05, 3.63) is 0 Å². The molecule has 19 heavy (non-hydrogen) atoms. The van der Waals surface area contributed by atoms with Gasteiger partial charge >= 0.3 is 0 Å². The smallest absolute Gasteiger partial charge is 0.264 e. The van der Waals surface area contributed by atoms with Crippen LogP contribution >= 0.6 is 0 Å². The van der Waals surface area contributed by atoms with Gasteiger partial charge in [0.25, 0.3) is 10.1 Å². The van der Waals surface area contributed by atoms with Crippen molar-refractivity contribution in [1.82, 2.24) is 0 Å². The normalized spacial score (nSPS) is 28.8. The van der Waals surface area contributed by atoms with Crippen molar-refractivity contribution in [3.63, 3.8) is 0 Å². The van der Waals surface area contributed by atoms with E-state index in [1.807, 2.05) is 0 Å². The lowest BCUT2D eigenvalue weighted by molar-refractivity contribution is -0.258. The molecule has 1 aliphatic rings. The average Bonchev–Trinajstić information content (AvgIpc) is 2.67. The molecule has 0 N–H and O–H groups in total. The number of methoxy groups -OCH3 is 2. The second kappa shape index (κ2) is 6.47. The molecule has 0 spiro atoms. The SMILES string of the molecule is COC1O[C@H](COS(C)(=O)=O)C[C@H]1OC(C)(C)OC. The van der Waals surface area contributed by atoms with Gasteiger partial charge < -0.3 is 18.9 Å². The highest BCUT2D eigenvalue weighted by atomic mass is 32.2. The molecule has 3 atom stereocenters. The van der Waals surface area contributed by atoms with E-state index in [2.05, 4.69) is 0 Å². The van der Waals surface area contributed by atoms with Crippen LogP contribution in [-0.2, 0) is 33.2 Å². The summed E-state index contributed by atoms with van der Waals surface area (Å²) >= 11 is 0. The van der Waals surface area contributed by atoms with E-state index in [-0.39, 0.29) is 12.7 Å². The monoisotopic (exact) mass is 298 g/mol. The molecule has 0 aromatic rings. The van der Waals surface area contributed by atoms with Crippen LogP contribution in [0, 0.1) is 0 Å². The molecule has 0 aliphatic carbocycles. The van der Waals surface area contributed by atoms with Crippen LogP contribution in [0.15, 0.2) is 0 Å². The van der Waals surface area contributed by atoms with Crippen molar-refractivity contribution >= 4 is 10.1 Å². The lowest BCUT2D eigenvalue weighted by Crippen LogP contribution is -2.37. The van der Waals surface area contributed by atoms with Gasteiger partial charge in [-0.25, -0.2) is 0 Å². The van der Waals surface area contributed by atoms with Gasteiger partial charge in [0.15, 0.2) is 12.1 Å². The number of ether oxygens (including phenoxy) is 4. The Balaban J connectivity index is 2.55. The number of hydrogen-bond acceptors (Lipinski definition) is 7. The highest BCUT2D eigenvalue weighted by molar-refractivity contribution is 7.85. The predicted octanol–water partition coefficient (Wildman–Crippen LogP) is 0.492. The summed E-state index contributed by atoms with van der Waals surface area (Å²) in [6, 6.07) is 0. The molecule has 0 bridgehead atoms. The van der Waals surface area contributed by atoms with Crippen LogP contribution in [-0.4, -0.2) is 59.8 Å². The van der Waals surface area contributed by atoms with Crippen molar-refractivity contribution in [2.24, 2.45) is 0 Å². The van der Waals surface area contributed by atoms with Crippen LogP contribution in [0.3, 0.4) is 0 Å². The van der Waals surface area contributed by atoms with Crippen molar-refractivity contribution < 1.29 is 31.5 Å². The number of rotatable bonds is 7. The Labute approximate surface area is 114 Å². The third kappa shape index (κ3) is 5.72. The maximum Gasteiger partial charge on any atom is 0.264 e. The van der Waals surface area contributed by atoms with Crippen molar-refractivity contribution in [2.75, 3.05) is 27.1 Å². The first kappa shape index (κ1) is 16.8. The van der Waals surface area contributed by atoms with Gasteiger partial charge in [0.05, 0.1) is 19.0 Å². The third-order valence-corrected chi connectivity index (χ3v) is 3.32. The largest absolute Gasteiger partial charge is 0.354 e. The molecular weight excluding hydrogens is 276 g/mol. The minimum absolute atomic E-state index is 0.0496. The predicted molar refractivity (Wildman–Crippen MR) is 67.0 cm³/mol. The Kier molecular flexibility index (Phi) is 5.72. The van der Waals surface area contributed by atoms with Gasteiger partial charge in [0, 0.05) is 20.6 Å². The van der Waals surface area contributed by atoms with Crippen LogP contribution in [0.1, 0.15) is 20.3 Å². The zero-order valence-electron chi connectivity index (χ0n) is 11.9. The van der Waals surface area contributed by atoms with E-state index in [4.69, 9.17) is 23.1 Å². The first-order valence-corrected chi connectivity index (χ1v) is 7.74. The van der Waals surface area contributed by atoms with Gasteiger partial charge in [-0.05, 0) is 13.8 Å². The Morgan fingerprint density at radius 3 is 2.42 bits per heavy atom. The molecule has 1 heterocycles. The molecule has 1 aliphatic heterocycles. The van der Waals surface area contributed by atoms with E-state index < -0.39 is 28.3 Å². The van der Waals surface area contributed by atoms with E-state index in [1.165, 1.54) is 7.11 Å². The van der Waals surface area contributed by atoms with Gasteiger partial charge in [-0.2, -0.15) is 8.42 Å². The Morgan fingerprint density at radius 2 is 1.95 bits per heavy atom. The third-order valence-electron chi connectivity index (χ3n) is 2.75. The summed E-state index contributed by atoms with van der Waals surface area (Å²) in [7, 11) is -0.435. The molecule has 0 saturated carbocycles. The molecule has 0 radical (unpaired) electrons. The summed E-state index contributed by atoms with van der Waals surface area (Å²) in [6.07, 6.45) is 0.173. The molecular formula is C11H22O7S. The molecule has 1 unspecified atom stereocenters. The van der Waals surface area contributed by atoms with E-state index in [0.717, 1.165) is 6.26 Å².